The summed E-state index contributed by atoms with van der Waals surface area (Å²) in [5.41, 5.74) is 1.41. The molecule has 1 aromatic carbocycles. The van der Waals surface area contributed by atoms with Crippen LogP contribution in [0.25, 0.3) is 0 Å². The van der Waals surface area contributed by atoms with Crippen molar-refractivity contribution in [2.75, 3.05) is 6.54 Å². The average Bonchev–Trinajstić information content (AvgIpc) is 2.30. The number of hydrogen-bond donors (Lipinski definition) is 2. The Kier molecular flexibility index (Phi) is 31.1. The molecule has 2 N–H and O–H groups in total. The Hall–Kier alpha value is -0.406. The van der Waals surface area contributed by atoms with Crippen molar-refractivity contribution >= 4 is 6.03 Å². The van der Waals surface area contributed by atoms with Crippen LogP contribution in [0, 0.1) is 0 Å². The first-order valence-electron chi connectivity index (χ1n) is 6.56. The molecule has 2 amide bonds. The summed E-state index contributed by atoms with van der Waals surface area (Å²) in [6, 6.07) is 10.6. The summed E-state index contributed by atoms with van der Waals surface area (Å²) in [5.74, 6) is 0.659. The summed E-state index contributed by atoms with van der Waals surface area (Å²) >= 11 is 0. The zero-order valence-electron chi connectivity index (χ0n) is 12.7. The van der Waals surface area contributed by atoms with E-state index < -0.39 is 0 Å². The topological polar surface area (TPSA) is 41.1 Å². The van der Waals surface area contributed by atoms with Crippen molar-refractivity contribution < 1.29 is 37.5 Å². The number of nitrogens with one attached hydrogen (secondary N) is 2. The van der Waals surface area contributed by atoms with E-state index in [1.54, 1.807) is 0 Å². The molecule has 0 spiro atoms. The molecule has 0 bridgehead atoms. The molecule has 129 valence electrons. The van der Waals surface area contributed by atoms with Gasteiger partial charge < -0.3 is 10.6 Å². The van der Waals surface area contributed by atoms with Crippen LogP contribution < -0.4 is 10.6 Å². The van der Waals surface area contributed by atoms with Crippen LogP contribution in [0.3, 0.4) is 0 Å². The van der Waals surface area contributed by atoms with Gasteiger partial charge in [-0.2, -0.15) is 0 Å². The van der Waals surface area contributed by atoms with E-state index in [0.29, 0.717) is 12.5 Å². The maximum absolute atomic E-state index is 10.6. The Bertz CT molecular complexity index is 327. The Morgan fingerprint density at radius 3 is 1.73 bits per heavy atom. The Labute approximate surface area is 164 Å². The van der Waals surface area contributed by atoms with Crippen LogP contribution in [0.5, 0.6) is 0 Å². The molecule has 0 aliphatic heterocycles. The van der Waals surface area contributed by atoms with Crippen LogP contribution in [0.2, 0.25) is 0 Å². The van der Waals surface area contributed by atoms with Gasteiger partial charge in [0.1, 0.15) is 0 Å². The normalized spacial score (nSPS) is 7.95. The molecule has 22 heavy (non-hydrogen) atoms. The third kappa shape index (κ3) is 19.6. The first-order valence-corrected chi connectivity index (χ1v) is 6.56. The van der Waals surface area contributed by atoms with Gasteiger partial charge in [0.15, 0.2) is 0 Å². The number of carbonyl (C=O) groups is 1. The van der Waals surface area contributed by atoms with Crippen LogP contribution in [0.1, 0.15) is 68.4 Å². The largest absolute Gasteiger partial charge is 0.338 e. The van der Waals surface area contributed by atoms with E-state index in [4.69, 9.17) is 0 Å². The van der Waals surface area contributed by atoms with Crippen LogP contribution >= 0.6 is 0 Å². The second-order valence-corrected chi connectivity index (χ2v) is 4.72. The second kappa shape index (κ2) is 20.6. The van der Waals surface area contributed by atoms with Crippen molar-refractivity contribution in [1.82, 2.24) is 10.6 Å². The van der Waals surface area contributed by atoms with Crippen LogP contribution in [0.15, 0.2) is 30.3 Å². The predicted octanol–water partition coefficient (Wildman–Crippen LogP) is 5.43. The average molecular weight is 387 g/mol. The molecule has 0 unspecified atom stereocenters. The molecule has 1 radical (unpaired) electrons. The van der Waals surface area contributed by atoms with Crippen LogP contribution in [-0.2, 0) is 32.7 Å². The number of carbonyl (C=O) groups excluding carboxylic acids is 1. The molecular formula is C18H38N2OY. The Morgan fingerprint density at radius 2 is 1.45 bits per heavy atom. The first kappa shape index (κ1) is 33.3. The number of urea groups is 1. The molecule has 0 atom stereocenters. The van der Waals surface area contributed by atoms with Gasteiger partial charge in [0.05, 0.1) is 0 Å². The third-order valence-electron chi connectivity index (χ3n) is 2.22. The molecule has 1 rings (SSSR count). The monoisotopic (exact) mass is 387 g/mol. The smallest absolute Gasteiger partial charge is 0.314 e. The summed E-state index contributed by atoms with van der Waals surface area (Å²) in [5, 5.41) is 5.32. The van der Waals surface area contributed by atoms with Gasteiger partial charge >= 0.3 is 6.03 Å². The van der Waals surface area contributed by atoms with Gasteiger partial charge in [0, 0.05) is 45.3 Å². The third-order valence-corrected chi connectivity index (χ3v) is 2.22. The van der Waals surface area contributed by atoms with Crippen molar-refractivity contribution in [2.45, 2.75) is 68.9 Å². The quantitative estimate of drug-likeness (QED) is 0.713. The minimum Gasteiger partial charge on any atom is -0.338 e. The van der Waals surface area contributed by atoms with Gasteiger partial charge in [0.2, 0.25) is 0 Å². The number of amides is 2. The van der Waals surface area contributed by atoms with Gasteiger partial charge in [-0.05, 0) is 32.3 Å². The van der Waals surface area contributed by atoms with Gasteiger partial charge in [-0.3, -0.25) is 0 Å². The maximum atomic E-state index is 10.6. The fourth-order valence-electron chi connectivity index (χ4n) is 1.31. The maximum Gasteiger partial charge on any atom is 0.314 e. The summed E-state index contributed by atoms with van der Waals surface area (Å²) in [6.07, 6.45) is 0. The van der Waals surface area contributed by atoms with Gasteiger partial charge in [-0.15, -0.1) is 0 Å². The van der Waals surface area contributed by atoms with E-state index in [-0.39, 0.29) is 67.1 Å². The Morgan fingerprint density at radius 1 is 1.00 bits per heavy atom. The van der Waals surface area contributed by atoms with E-state index in [1.165, 1.54) is 5.56 Å². The molecule has 0 heterocycles. The van der Waals surface area contributed by atoms with Crippen molar-refractivity contribution in [2.24, 2.45) is 0 Å². The molecule has 0 aliphatic carbocycles. The number of hydrogen-bond acceptors (Lipinski definition) is 1. The predicted molar refractivity (Wildman–Crippen MR) is 98.1 cm³/mol. The Balaban J connectivity index is -0.0000000741. The molecule has 0 aliphatic rings. The number of rotatable bonds is 3. The minimum atomic E-state index is -0.0903. The summed E-state index contributed by atoms with van der Waals surface area (Å²) < 4.78 is 0. The van der Waals surface area contributed by atoms with Gasteiger partial charge in [-0.1, -0.05) is 66.5 Å². The molecule has 0 saturated carbocycles. The fraction of sp³-hybridized carbons (Fsp3) is 0.611. The molecular weight excluding hydrogens is 349 g/mol. The van der Waals surface area contributed by atoms with E-state index in [9.17, 15) is 4.79 Å². The summed E-state index contributed by atoms with van der Waals surface area (Å²) in [7, 11) is 0. The SMILES string of the molecule is C.C.C.CC(C)c1ccccc1.CCNC(=O)NC(C)C.[Y]. The first-order chi connectivity index (χ1) is 8.47. The van der Waals surface area contributed by atoms with E-state index >= 15 is 0 Å². The minimum absolute atomic E-state index is 0. The standard InChI is InChI=1S/C9H12.C6H14N2O.3CH4.Y/c1-8(2)9-6-4-3-5-7-9;1-4-7-6(9)8-5(2)3;;;;/h3-8H,1-2H3;5H,4H2,1-3H3,(H2,7,8,9);3*1H4;. The van der Waals surface area contributed by atoms with Crippen molar-refractivity contribution in [3.05, 3.63) is 35.9 Å². The van der Waals surface area contributed by atoms with Crippen LogP contribution in [-0.4, -0.2) is 18.6 Å². The summed E-state index contributed by atoms with van der Waals surface area (Å²) in [4.78, 5) is 10.6. The van der Waals surface area contributed by atoms with Crippen molar-refractivity contribution in [3.63, 3.8) is 0 Å². The van der Waals surface area contributed by atoms with E-state index in [1.807, 2.05) is 26.8 Å². The zero-order chi connectivity index (χ0) is 14.0. The van der Waals surface area contributed by atoms with Gasteiger partial charge in [-0.25, -0.2) is 4.79 Å². The van der Waals surface area contributed by atoms with Crippen LogP contribution in [0.4, 0.5) is 4.79 Å². The summed E-state index contributed by atoms with van der Waals surface area (Å²) in [6.45, 7) is 10.8. The van der Waals surface area contributed by atoms with E-state index in [0.717, 1.165) is 0 Å². The van der Waals surface area contributed by atoms with E-state index in [2.05, 4.69) is 48.7 Å². The molecule has 0 saturated heterocycles. The zero-order valence-corrected chi connectivity index (χ0v) is 15.6. The molecule has 0 aromatic heterocycles. The molecule has 0 fully saturated rings. The molecule has 4 heteroatoms. The second-order valence-electron chi connectivity index (χ2n) is 4.72. The van der Waals surface area contributed by atoms with Crippen molar-refractivity contribution in [3.8, 4) is 0 Å². The van der Waals surface area contributed by atoms with Gasteiger partial charge in [0.25, 0.3) is 0 Å². The molecule has 3 nitrogen and oxygen atoms in total. The number of benzene rings is 1. The van der Waals surface area contributed by atoms with Crippen molar-refractivity contribution in [1.29, 1.82) is 0 Å². The molecule has 1 aromatic rings. The fourth-order valence-corrected chi connectivity index (χ4v) is 1.31.